The summed E-state index contributed by atoms with van der Waals surface area (Å²) < 4.78 is 5.34. The molecule has 118 valence electrons. The van der Waals surface area contributed by atoms with Crippen LogP contribution in [0.15, 0.2) is 26.9 Å². The number of carbonyl (C=O) groups is 1. The molecule has 0 bridgehead atoms. The lowest BCUT2D eigenvalue weighted by Crippen LogP contribution is -2.28. The summed E-state index contributed by atoms with van der Waals surface area (Å²) >= 11 is 2.99. The molecule has 0 aromatic carbocycles. The van der Waals surface area contributed by atoms with Crippen molar-refractivity contribution < 1.29 is 9.32 Å². The molecule has 3 aromatic rings. The third kappa shape index (κ3) is 2.68. The molecule has 0 N–H and O–H groups in total. The van der Waals surface area contributed by atoms with Gasteiger partial charge < -0.3 is 9.42 Å². The molecular formula is C15H14N4O2S2. The van der Waals surface area contributed by atoms with Crippen molar-refractivity contribution >= 4 is 28.6 Å². The third-order valence-corrected chi connectivity index (χ3v) is 5.59. The molecule has 23 heavy (non-hydrogen) atoms. The normalized spacial score (nSPS) is 17.8. The molecule has 1 unspecified atom stereocenters. The van der Waals surface area contributed by atoms with Crippen LogP contribution < -0.4 is 0 Å². The first-order valence-corrected chi connectivity index (χ1v) is 9.10. The van der Waals surface area contributed by atoms with Crippen molar-refractivity contribution in [2.75, 3.05) is 13.1 Å². The molecule has 0 aliphatic carbocycles. The third-order valence-electron chi connectivity index (χ3n) is 3.99. The van der Waals surface area contributed by atoms with Crippen LogP contribution in [0.3, 0.4) is 0 Å². The number of nitrogens with zero attached hydrogens (tertiary/aromatic N) is 4. The van der Waals surface area contributed by atoms with Gasteiger partial charge in [-0.3, -0.25) is 4.79 Å². The van der Waals surface area contributed by atoms with E-state index in [1.165, 1.54) is 11.3 Å². The van der Waals surface area contributed by atoms with Gasteiger partial charge in [-0.05, 0) is 24.8 Å². The lowest BCUT2D eigenvalue weighted by Gasteiger charge is -2.14. The number of carbonyl (C=O) groups excluding carboxylic acids is 1. The van der Waals surface area contributed by atoms with Crippen molar-refractivity contribution in [2.45, 2.75) is 19.3 Å². The van der Waals surface area contributed by atoms with E-state index in [9.17, 15) is 4.79 Å². The Balaban J connectivity index is 1.48. The molecule has 0 saturated carbocycles. The van der Waals surface area contributed by atoms with Crippen LogP contribution in [0.4, 0.5) is 0 Å². The fraction of sp³-hybridized carbons (Fsp3) is 0.333. The van der Waals surface area contributed by atoms with E-state index in [4.69, 9.17) is 4.52 Å². The highest BCUT2D eigenvalue weighted by Gasteiger charge is 2.32. The van der Waals surface area contributed by atoms with Gasteiger partial charge >= 0.3 is 0 Å². The molecule has 1 atom stereocenters. The van der Waals surface area contributed by atoms with Crippen LogP contribution in [0.5, 0.6) is 0 Å². The highest BCUT2D eigenvalue weighted by Crippen LogP contribution is 2.29. The van der Waals surface area contributed by atoms with Crippen LogP contribution in [0.25, 0.3) is 11.5 Å². The maximum Gasteiger partial charge on any atom is 0.265 e. The SMILES string of the molecule is Cc1ncsc1C(=O)N1CCC(c2noc(-c3ccsc3)n2)C1. The summed E-state index contributed by atoms with van der Waals surface area (Å²) in [4.78, 5) is 23.7. The van der Waals surface area contributed by atoms with Gasteiger partial charge in [-0.1, -0.05) is 5.16 Å². The molecule has 3 aromatic heterocycles. The van der Waals surface area contributed by atoms with Gasteiger partial charge in [0.1, 0.15) is 4.88 Å². The quantitative estimate of drug-likeness (QED) is 0.728. The van der Waals surface area contributed by atoms with E-state index in [-0.39, 0.29) is 11.8 Å². The van der Waals surface area contributed by atoms with Gasteiger partial charge in [0.2, 0.25) is 0 Å². The van der Waals surface area contributed by atoms with Gasteiger partial charge in [0.05, 0.1) is 16.8 Å². The van der Waals surface area contributed by atoms with Crippen LogP contribution in [0, 0.1) is 6.92 Å². The Hall–Kier alpha value is -2.06. The van der Waals surface area contributed by atoms with Crippen molar-refractivity contribution in [3.63, 3.8) is 0 Å². The maximum atomic E-state index is 12.5. The first kappa shape index (κ1) is 14.5. The molecule has 1 fully saturated rings. The molecule has 4 rings (SSSR count). The lowest BCUT2D eigenvalue weighted by molar-refractivity contribution is 0.0794. The van der Waals surface area contributed by atoms with Crippen molar-refractivity contribution in [3.8, 4) is 11.5 Å². The zero-order valence-electron chi connectivity index (χ0n) is 12.4. The van der Waals surface area contributed by atoms with Crippen molar-refractivity contribution in [1.29, 1.82) is 0 Å². The minimum Gasteiger partial charge on any atom is -0.337 e. The standard InChI is InChI=1S/C15H14N4O2S2/c1-9-12(23-8-16-9)15(20)19-4-2-10(6-19)13-17-14(21-18-13)11-3-5-22-7-11/h3,5,7-8,10H,2,4,6H2,1H3. The summed E-state index contributed by atoms with van der Waals surface area (Å²) in [7, 11) is 0. The van der Waals surface area contributed by atoms with Crippen LogP contribution in [0.1, 0.15) is 33.5 Å². The second kappa shape index (κ2) is 5.86. The second-order valence-electron chi connectivity index (χ2n) is 5.47. The molecular weight excluding hydrogens is 332 g/mol. The van der Waals surface area contributed by atoms with Gasteiger partial charge in [0.25, 0.3) is 11.8 Å². The largest absolute Gasteiger partial charge is 0.337 e. The number of aryl methyl sites for hydroxylation is 1. The molecule has 1 amide bonds. The highest BCUT2D eigenvalue weighted by atomic mass is 32.1. The number of hydrogen-bond donors (Lipinski definition) is 0. The van der Waals surface area contributed by atoms with Gasteiger partial charge in [0.15, 0.2) is 5.82 Å². The number of thiophene rings is 1. The predicted molar refractivity (Wildman–Crippen MR) is 87.7 cm³/mol. The number of hydrogen-bond acceptors (Lipinski definition) is 7. The summed E-state index contributed by atoms with van der Waals surface area (Å²) in [5.41, 5.74) is 3.45. The van der Waals surface area contributed by atoms with E-state index >= 15 is 0 Å². The summed E-state index contributed by atoms with van der Waals surface area (Å²) in [6.07, 6.45) is 0.853. The predicted octanol–water partition coefficient (Wildman–Crippen LogP) is 3.19. The Labute approximate surface area is 140 Å². The Morgan fingerprint density at radius 2 is 2.39 bits per heavy atom. The fourth-order valence-corrected chi connectivity index (χ4v) is 4.11. The molecule has 4 heterocycles. The summed E-state index contributed by atoms with van der Waals surface area (Å²) in [6, 6.07) is 1.96. The van der Waals surface area contributed by atoms with Crippen molar-refractivity contribution in [2.24, 2.45) is 0 Å². The smallest absolute Gasteiger partial charge is 0.265 e. The molecule has 0 spiro atoms. The zero-order valence-corrected chi connectivity index (χ0v) is 14.1. The van der Waals surface area contributed by atoms with Gasteiger partial charge in [-0.2, -0.15) is 16.3 Å². The Kier molecular flexibility index (Phi) is 3.70. The molecule has 1 saturated heterocycles. The lowest BCUT2D eigenvalue weighted by atomic mass is 10.1. The topological polar surface area (TPSA) is 72.1 Å². The van der Waals surface area contributed by atoms with E-state index < -0.39 is 0 Å². The Morgan fingerprint density at radius 3 is 3.13 bits per heavy atom. The van der Waals surface area contributed by atoms with E-state index in [0.29, 0.717) is 24.8 Å². The second-order valence-corrected chi connectivity index (χ2v) is 7.11. The van der Waals surface area contributed by atoms with Crippen LogP contribution in [-0.2, 0) is 0 Å². The first-order chi connectivity index (χ1) is 11.2. The minimum atomic E-state index is 0.0500. The van der Waals surface area contributed by atoms with Crippen molar-refractivity contribution in [1.82, 2.24) is 20.0 Å². The number of rotatable bonds is 3. The highest BCUT2D eigenvalue weighted by molar-refractivity contribution is 7.11. The summed E-state index contributed by atoms with van der Waals surface area (Å²) in [5.74, 6) is 1.41. The average Bonchev–Trinajstić information content (AvgIpc) is 3.31. The number of likely N-dealkylation sites (tertiary alicyclic amines) is 1. The van der Waals surface area contributed by atoms with Crippen LogP contribution >= 0.6 is 22.7 Å². The van der Waals surface area contributed by atoms with Crippen LogP contribution in [0.2, 0.25) is 0 Å². The molecule has 1 aliphatic heterocycles. The number of thiazole rings is 1. The average molecular weight is 346 g/mol. The number of aromatic nitrogens is 3. The van der Waals surface area contributed by atoms with E-state index in [2.05, 4.69) is 15.1 Å². The maximum absolute atomic E-state index is 12.5. The molecule has 6 nitrogen and oxygen atoms in total. The van der Waals surface area contributed by atoms with E-state index in [1.807, 2.05) is 28.7 Å². The summed E-state index contributed by atoms with van der Waals surface area (Å²) in [5, 5.41) is 8.06. The number of amides is 1. The van der Waals surface area contributed by atoms with Gasteiger partial charge in [-0.25, -0.2) is 4.98 Å². The van der Waals surface area contributed by atoms with E-state index in [1.54, 1.807) is 16.8 Å². The molecule has 1 aliphatic rings. The van der Waals surface area contributed by atoms with Gasteiger partial charge in [-0.15, -0.1) is 11.3 Å². The first-order valence-electron chi connectivity index (χ1n) is 7.28. The van der Waals surface area contributed by atoms with Gasteiger partial charge in [0, 0.05) is 24.4 Å². The minimum absolute atomic E-state index is 0.0500. The van der Waals surface area contributed by atoms with Crippen molar-refractivity contribution in [3.05, 3.63) is 38.7 Å². The molecule has 0 radical (unpaired) electrons. The Bertz CT molecular complexity index is 824. The monoisotopic (exact) mass is 346 g/mol. The fourth-order valence-electron chi connectivity index (χ4n) is 2.71. The zero-order chi connectivity index (χ0) is 15.8. The van der Waals surface area contributed by atoms with Crippen LogP contribution in [-0.4, -0.2) is 39.0 Å². The molecule has 8 heteroatoms. The summed E-state index contributed by atoms with van der Waals surface area (Å²) in [6.45, 7) is 3.20. The Morgan fingerprint density at radius 1 is 1.48 bits per heavy atom. The van der Waals surface area contributed by atoms with E-state index in [0.717, 1.165) is 22.6 Å².